The van der Waals surface area contributed by atoms with Crippen molar-refractivity contribution >= 4 is 23.4 Å². The molecule has 0 spiro atoms. The van der Waals surface area contributed by atoms with Gasteiger partial charge in [-0.25, -0.2) is 4.68 Å². The monoisotopic (exact) mass is 406 g/mol. The average molecular weight is 407 g/mol. The van der Waals surface area contributed by atoms with Gasteiger partial charge in [0.2, 0.25) is 5.16 Å². The lowest BCUT2D eigenvalue weighted by Crippen LogP contribution is -2.12. The maximum Gasteiger partial charge on any atom is 0.210 e. The van der Waals surface area contributed by atoms with E-state index in [1.54, 1.807) is 26.4 Å². The minimum absolute atomic E-state index is 0.462. The Bertz CT molecular complexity index is 897. The van der Waals surface area contributed by atoms with Crippen LogP contribution in [0.2, 0.25) is 5.02 Å². The van der Waals surface area contributed by atoms with E-state index in [1.165, 1.54) is 16.4 Å². The summed E-state index contributed by atoms with van der Waals surface area (Å²) in [6.45, 7) is 0.462. The van der Waals surface area contributed by atoms with Gasteiger partial charge in [0.1, 0.15) is 17.2 Å². The second kappa shape index (κ2) is 8.88. The molecular formula is C18H19ClN4O3S. The van der Waals surface area contributed by atoms with Crippen molar-refractivity contribution in [1.29, 1.82) is 0 Å². The van der Waals surface area contributed by atoms with Crippen molar-refractivity contribution in [2.75, 3.05) is 32.4 Å². The van der Waals surface area contributed by atoms with E-state index in [0.29, 0.717) is 45.6 Å². The molecule has 27 heavy (non-hydrogen) atoms. The molecule has 1 heterocycles. The molecule has 0 amide bonds. The number of para-hydroxylation sites is 1. The summed E-state index contributed by atoms with van der Waals surface area (Å²) in [7, 11) is 3.18. The van der Waals surface area contributed by atoms with Gasteiger partial charge < -0.3 is 20.1 Å². The number of hydrogen-bond donors (Lipinski definition) is 1. The summed E-state index contributed by atoms with van der Waals surface area (Å²) in [5.74, 6) is 9.27. The summed E-state index contributed by atoms with van der Waals surface area (Å²) in [6.07, 6.45) is 0. The Kier molecular flexibility index (Phi) is 6.31. The molecule has 0 unspecified atom stereocenters. The molecule has 142 valence electrons. The molecule has 3 aromatic rings. The number of nitrogens with two attached hydrogens (primary N) is 1. The Hall–Kier alpha value is -2.58. The Morgan fingerprint density at radius 3 is 2.44 bits per heavy atom. The van der Waals surface area contributed by atoms with E-state index in [2.05, 4.69) is 10.2 Å². The van der Waals surface area contributed by atoms with Crippen molar-refractivity contribution < 1.29 is 14.2 Å². The van der Waals surface area contributed by atoms with Crippen molar-refractivity contribution in [2.24, 2.45) is 0 Å². The summed E-state index contributed by atoms with van der Waals surface area (Å²) >= 11 is 7.51. The second-order valence-corrected chi connectivity index (χ2v) is 6.87. The van der Waals surface area contributed by atoms with Gasteiger partial charge in [0.15, 0.2) is 5.82 Å². The lowest BCUT2D eigenvalue weighted by molar-refractivity contribution is 0.344. The summed E-state index contributed by atoms with van der Waals surface area (Å²) < 4.78 is 17.7. The van der Waals surface area contributed by atoms with Crippen LogP contribution in [-0.4, -0.2) is 41.5 Å². The van der Waals surface area contributed by atoms with E-state index in [4.69, 9.17) is 31.7 Å². The predicted molar refractivity (Wildman–Crippen MR) is 106 cm³/mol. The first-order chi connectivity index (χ1) is 13.1. The molecule has 7 nitrogen and oxygen atoms in total. The fourth-order valence-corrected chi connectivity index (χ4v) is 3.22. The van der Waals surface area contributed by atoms with Crippen LogP contribution in [0.25, 0.3) is 11.4 Å². The van der Waals surface area contributed by atoms with Crippen LogP contribution in [0.1, 0.15) is 0 Å². The highest BCUT2D eigenvalue weighted by Gasteiger charge is 2.14. The summed E-state index contributed by atoms with van der Waals surface area (Å²) in [4.78, 5) is 0. The first-order valence-corrected chi connectivity index (χ1v) is 9.42. The van der Waals surface area contributed by atoms with Crippen molar-refractivity contribution in [3.8, 4) is 28.6 Å². The molecule has 0 radical (unpaired) electrons. The number of hydrogen-bond acceptors (Lipinski definition) is 7. The van der Waals surface area contributed by atoms with E-state index in [1.807, 2.05) is 30.3 Å². The van der Waals surface area contributed by atoms with Crippen LogP contribution in [0.5, 0.6) is 17.2 Å². The van der Waals surface area contributed by atoms with E-state index >= 15 is 0 Å². The third kappa shape index (κ3) is 4.58. The lowest BCUT2D eigenvalue weighted by atomic mass is 10.2. The molecule has 2 aromatic carbocycles. The minimum atomic E-state index is 0.462. The van der Waals surface area contributed by atoms with Gasteiger partial charge in [-0.3, -0.25) is 0 Å². The van der Waals surface area contributed by atoms with Crippen LogP contribution >= 0.6 is 23.4 Å². The molecule has 0 aliphatic rings. The number of ether oxygens (including phenoxy) is 3. The zero-order valence-corrected chi connectivity index (χ0v) is 16.5. The van der Waals surface area contributed by atoms with Gasteiger partial charge in [-0.2, -0.15) is 0 Å². The highest BCUT2D eigenvalue weighted by Crippen LogP contribution is 2.30. The van der Waals surface area contributed by atoms with Gasteiger partial charge in [0, 0.05) is 17.4 Å². The highest BCUT2D eigenvalue weighted by molar-refractivity contribution is 7.99. The molecule has 2 N–H and O–H groups in total. The molecule has 3 rings (SSSR count). The van der Waals surface area contributed by atoms with E-state index in [0.717, 1.165) is 5.56 Å². The van der Waals surface area contributed by atoms with Crippen molar-refractivity contribution in [2.45, 2.75) is 5.16 Å². The Morgan fingerprint density at radius 1 is 1.07 bits per heavy atom. The number of aromatic nitrogens is 3. The number of benzene rings is 2. The van der Waals surface area contributed by atoms with Gasteiger partial charge in [-0.15, -0.1) is 10.2 Å². The van der Waals surface area contributed by atoms with Crippen LogP contribution in [0.3, 0.4) is 0 Å². The fourth-order valence-electron chi connectivity index (χ4n) is 2.36. The van der Waals surface area contributed by atoms with Gasteiger partial charge >= 0.3 is 0 Å². The van der Waals surface area contributed by atoms with Gasteiger partial charge in [-0.05, 0) is 24.3 Å². The van der Waals surface area contributed by atoms with E-state index < -0.39 is 0 Å². The number of nitrogen functional groups attached to an aromatic ring is 1. The first-order valence-electron chi connectivity index (χ1n) is 8.06. The predicted octanol–water partition coefficient (Wildman–Crippen LogP) is 3.50. The van der Waals surface area contributed by atoms with Gasteiger partial charge in [0.05, 0.1) is 25.8 Å². The van der Waals surface area contributed by atoms with Crippen LogP contribution in [0.4, 0.5) is 0 Å². The number of methoxy groups -OCH3 is 2. The smallest absolute Gasteiger partial charge is 0.210 e. The topological polar surface area (TPSA) is 84.4 Å². The molecule has 0 fully saturated rings. The third-order valence-electron chi connectivity index (χ3n) is 3.68. The summed E-state index contributed by atoms with van der Waals surface area (Å²) in [6, 6.07) is 12.8. The number of thioether (sulfide) groups is 1. The van der Waals surface area contributed by atoms with Gasteiger partial charge in [0.25, 0.3) is 0 Å². The number of halogens is 1. The molecule has 0 bridgehead atoms. The molecule has 0 aliphatic heterocycles. The summed E-state index contributed by atoms with van der Waals surface area (Å²) in [5.41, 5.74) is 0.750. The Morgan fingerprint density at radius 2 is 1.78 bits per heavy atom. The normalized spacial score (nSPS) is 10.6. The molecule has 0 saturated carbocycles. The second-order valence-electron chi connectivity index (χ2n) is 5.40. The summed E-state index contributed by atoms with van der Waals surface area (Å²) in [5, 5.41) is 9.50. The average Bonchev–Trinajstić information content (AvgIpc) is 3.06. The van der Waals surface area contributed by atoms with Crippen molar-refractivity contribution in [1.82, 2.24) is 14.9 Å². The fraction of sp³-hybridized carbons (Fsp3) is 0.222. The van der Waals surface area contributed by atoms with Crippen molar-refractivity contribution in [3.05, 3.63) is 47.5 Å². The number of nitrogens with zero attached hydrogens (tertiary/aromatic N) is 3. The maximum absolute atomic E-state index is 6.16. The quantitative estimate of drug-likeness (QED) is 0.348. The lowest BCUT2D eigenvalue weighted by Gasteiger charge is -2.09. The van der Waals surface area contributed by atoms with E-state index in [9.17, 15) is 0 Å². The minimum Gasteiger partial charge on any atom is -0.497 e. The molecule has 9 heteroatoms. The Balaban J connectivity index is 1.66. The zero-order valence-electron chi connectivity index (χ0n) is 14.9. The van der Waals surface area contributed by atoms with Crippen molar-refractivity contribution in [3.63, 3.8) is 0 Å². The largest absolute Gasteiger partial charge is 0.497 e. The van der Waals surface area contributed by atoms with Crippen LogP contribution in [-0.2, 0) is 0 Å². The van der Waals surface area contributed by atoms with Crippen LogP contribution in [0.15, 0.2) is 47.6 Å². The third-order valence-corrected chi connectivity index (χ3v) is 4.90. The molecular weight excluding hydrogens is 388 g/mol. The molecule has 0 saturated heterocycles. The highest BCUT2D eigenvalue weighted by atomic mass is 35.5. The molecule has 0 atom stereocenters. The van der Waals surface area contributed by atoms with Crippen LogP contribution in [0, 0.1) is 0 Å². The first kappa shape index (κ1) is 19.2. The Labute approximate surface area is 166 Å². The van der Waals surface area contributed by atoms with E-state index in [-0.39, 0.29) is 0 Å². The van der Waals surface area contributed by atoms with Gasteiger partial charge in [-0.1, -0.05) is 35.5 Å². The SMILES string of the molecule is COc1cc(OC)cc(-c2nnc(SCCOc3ccccc3Cl)n2N)c1. The number of rotatable bonds is 8. The molecule has 1 aromatic heterocycles. The van der Waals surface area contributed by atoms with Crippen LogP contribution < -0.4 is 20.1 Å². The molecule has 0 aliphatic carbocycles. The maximum atomic E-state index is 6.16. The standard InChI is InChI=1S/C18H19ClN4O3S/c1-24-13-9-12(10-14(11-13)25-2)17-21-22-18(23(17)20)27-8-7-26-16-6-4-3-5-15(16)19/h3-6,9-11H,7-8,20H2,1-2H3. The zero-order chi connectivity index (χ0) is 19.2.